The number of hydrogen-bond donors (Lipinski definition) is 14. The van der Waals surface area contributed by atoms with E-state index in [1.807, 2.05) is 6.08 Å². The van der Waals surface area contributed by atoms with Crippen LogP contribution in [0.15, 0.2) is 36.5 Å². The summed E-state index contributed by atoms with van der Waals surface area (Å²) in [6.07, 6.45) is 16.4. The van der Waals surface area contributed by atoms with Crippen LogP contribution < -0.4 is 10.6 Å². The molecule has 0 aromatic carbocycles. The quantitative estimate of drug-likeness (QED) is 0.0280. The van der Waals surface area contributed by atoms with Crippen molar-refractivity contribution in [3.8, 4) is 0 Å². The number of carboxylic acids is 1. The molecule has 2 amide bonds. The summed E-state index contributed by atoms with van der Waals surface area (Å²) >= 11 is 0. The highest BCUT2D eigenvalue weighted by Crippen LogP contribution is 2.38. The zero-order chi connectivity index (χ0) is 64.7. The van der Waals surface area contributed by atoms with Crippen molar-refractivity contribution in [1.29, 1.82) is 0 Å². The zero-order valence-corrected chi connectivity index (χ0v) is 53.1. The molecule has 3 rings (SSSR count). The molecule has 0 aromatic rings. The van der Waals surface area contributed by atoms with E-state index in [1.165, 1.54) is 96.3 Å². The summed E-state index contributed by atoms with van der Waals surface area (Å²) in [7, 11) is 0. The van der Waals surface area contributed by atoms with Gasteiger partial charge in [0, 0.05) is 19.8 Å². The lowest BCUT2D eigenvalue weighted by molar-refractivity contribution is -0.386. The Morgan fingerprint density at radius 1 is 0.602 bits per heavy atom. The van der Waals surface area contributed by atoms with E-state index in [4.69, 9.17) is 28.4 Å². The van der Waals surface area contributed by atoms with Crippen molar-refractivity contribution in [2.24, 2.45) is 0 Å². The topological polar surface area (TPSA) is 373 Å². The van der Waals surface area contributed by atoms with Crippen LogP contribution in [-0.4, -0.2) is 215 Å². The average Bonchev–Trinajstić information content (AvgIpc) is 3.62. The van der Waals surface area contributed by atoms with Crippen LogP contribution in [0.3, 0.4) is 0 Å². The Hall–Kier alpha value is -3.05. The number of unbranched alkanes of at least 4 members (excludes halogenated alkanes) is 25. The van der Waals surface area contributed by atoms with Crippen molar-refractivity contribution in [3.63, 3.8) is 0 Å². The normalized spacial score (nSPS) is 29.2. The Bertz CT molecular complexity index is 1930. The third-order valence-corrected chi connectivity index (χ3v) is 16.8. The molecule has 512 valence electrons. The lowest BCUT2D eigenvalue weighted by Gasteiger charge is -2.50. The van der Waals surface area contributed by atoms with E-state index in [1.54, 1.807) is 6.08 Å². The second kappa shape index (κ2) is 46.1. The van der Waals surface area contributed by atoms with Gasteiger partial charge in [0.1, 0.15) is 67.1 Å². The summed E-state index contributed by atoms with van der Waals surface area (Å²) in [6.45, 7) is 2.09. The minimum Gasteiger partial charge on any atom is -0.477 e. The molecular weight excluding hydrogens is 1140 g/mol. The third kappa shape index (κ3) is 28.9. The monoisotopic (exact) mass is 1260 g/mol. The summed E-state index contributed by atoms with van der Waals surface area (Å²) in [5.74, 6) is -6.16. The van der Waals surface area contributed by atoms with Crippen molar-refractivity contribution >= 4 is 17.8 Å². The number of amides is 2. The van der Waals surface area contributed by atoms with E-state index >= 15 is 0 Å². The molecule has 0 bridgehead atoms. The molecule has 18 unspecified atom stereocenters. The number of aliphatic hydroxyl groups is 11. The predicted octanol–water partition coefficient (Wildman–Crippen LogP) is 5.06. The van der Waals surface area contributed by atoms with Gasteiger partial charge in [-0.2, -0.15) is 0 Å². The van der Waals surface area contributed by atoms with Crippen molar-refractivity contribution < 1.29 is 104 Å². The first kappa shape index (κ1) is 79.2. The van der Waals surface area contributed by atoms with E-state index in [0.717, 1.165) is 84.0 Å². The highest BCUT2D eigenvalue weighted by molar-refractivity contribution is 5.77. The van der Waals surface area contributed by atoms with Gasteiger partial charge in [-0.25, -0.2) is 4.79 Å². The highest BCUT2D eigenvalue weighted by Gasteiger charge is 2.60. The smallest absolute Gasteiger partial charge is 0.364 e. The molecule has 0 radical (unpaired) electrons. The van der Waals surface area contributed by atoms with E-state index in [2.05, 4.69) is 48.8 Å². The summed E-state index contributed by atoms with van der Waals surface area (Å²) < 4.78 is 34.7. The van der Waals surface area contributed by atoms with Crippen LogP contribution in [-0.2, 0) is 42.8 Å². The van der Waals surface area contributed by atoms with Gasteiger partial charge in [0.25, 0.3) is 5.79 Å². The molecule has 18 atom stereocenters. The fourth-order valence-corrected chi connectivity index (χ4v) is 11.4. The number of carboxylic acid groups (broad SMARTS) is 1. The largest absolute Gasteiger partial charge is 0.477 e. The van der Waals surface area contributed by atoms with Crippen LogP contribution in [0.2, 0.25) is 0 Å². The van der Waals surface area contributed by atoms with Gasteiger partial charge in [0.15, 0.2) is 12.6 Å². The third-order valence-electron chi connectivity index (χ3n) is 16.8. The Morgan fingerprint density at radius 2 is 1.10 bits per heavy atom. The molecule has 0 spiro atoms. The number of nitrogens with one attached hydrogen (secondary N) is 2. The Kier molecular flexibility index (Phi) is 41.5. The van der Waals surface area contributed by atoms with E-state index in [-0.39, 0.29) is 12.3 Å². The number of rotatable bonds is 49. The number of carbonyl (C=O) groups is 3. The summed E-state index contributed by atoms with van der Waals surface area (Å²) in [5, 5.41) is 136. The standard InChI is InChI=1S/C65H116N2O21/c1-4-6-8-10-12-14-16-17-18-19-20-21-22-23-24-25-26-27-29-31-33-35-37-39-52(75)67-46(47(72)38-36-34-32-30-28-15-13-11-9-7-5-2)44-83-62-57(79)56(78)59(51(43-70)85-62)86-63-58(80)61(55(77)50(42-69)84-63)88-65(64(81)82)40-48(73)53(66-45(3)71)60(87-65)54(76)49(74)41-68/h20-21,23-24,36,38,46-51,53-63,68-70,72-74,76-80H,4-19,22,25-35,37,39-44H2,1-3H3,(H,66,71)(H,67,75)(H,81,82)/b21-20-,24-23-,38-36+. The summed E-state index contributed by atoms with van der Waals surface area (Å²) in [5.41, 5.74) is 0. The predicted molar refractivity (Wildman–Crippen MR) is 329 cm³/mol. The Balaban J connectivity index is 1.59. The summed E-state index contributed by atoms with van der Waals surface area (Å²) in [6, 6.07) is -2.62. The molecule has 23 nitrogen and oxygen atoms in total. The van der Waals surface area contributed by atoms with Crippen LogP contribution >= 0.6 is 0 Å². The second-order valence-electron chi connectivity index (χ2n) is 24.3. The molecule has 3 heterocycles. The number of ether oxygens (including phenoxy) is 6. The van der Waals surface area contributed by atoms with Crippen molar-refractivity contribution in [3.05, 3.63) is 36.5 Å². The first-order valence-corrected chi connectivity index (χ1v) is 33.4. The summed E-state index contributed by atoms with van der Waals surface area (Å²) in [4.78, 5) is 38.4. The van der Waals surface area contributed by atoms with Gasteiger partial charge in [0.2, 0.25) is 11.8 Å². The first-order valence-electron chi connectivity index (χ1n) is 33.4. The van der Waals surface area contributed by atoms with Gasteiger partial charge >= 0.3 is 5.97 Å². The Morgan fingerprint density at radius 3 is 1.60 bits per heavy atom. The van der Waals surface area contributed by atoms with Crippen LogP contribution in [0.5, 0.6) is 0 Å². The fraction of sp³-hybridized carbons (Fsp3) is 0.862. The van der Waals surface area contributed by atoms with Gasteiger partial charge in [-0.1, -0.05) is 185 Å². The number of aliphatic hydroxyl groups excluding tert-OH is 11. The molecule has 3 aliphatic rings. The van der Waals surface area contributed by atoms with Crippen molar-refractivity contribution in [2.45, 2.75) is 330 Å². The molecule has 3 fully saturated rings. The van der Waals surface area contributed by atoms with Crippen LogP contribution in [0.4, 0.5) is 0 Å². The van der Waals surface area contributed by atoms with Gasteiger partial charge in [-0.15, -0.1) is 0 Å². The maximum Gasteiger partial charge on any atom is 0.364 e. The van der Waals surface area contributed by atoms with Gasteiger partial charge in [-0.05, 0) is 51.4 Å². The number of allylic oxidation sites excluding steroid dienone is 5. The molecule has 14 N–H and O–H groups in total. The average molecular weight is 1260 g/mol. The minimum atomic E-state index is -3.08. The molecule has 23 heteroatoms. The minimum absolute atomic E-state index is 0.190. The molecular formula is C65H116N2O21. The highest BCUT2D eigenvalue weighted by atomic mass is 16.8. The van der Waals surface area contributed by atoms with E-state index < -0.39 is 155 Å². The molecule has 3 saturated heterocycles. The molecule has 0 aliphatic carbocycles. The van der Waals surface area contributed by atoms with Crippen LogP contribution in [0.1, 0.15) is 220 Å². The first-order chi connectivity index (χ1) is 42.4. The number of hydrogen-bond acceptors (Lipinski definition) is 20. The van der Waals surface area contributed by atoms with Gasteiger partial charge in [0.05, 0.1) is 50.7 Å². The molecule has 88 heavy (non-hydrogen) atoms. The molecule has 3 aliphatic heterocycles. The molecule has 0 aromatic heterocycles. The fourth-order valence-electron chi connectivity index (χ4n) is 11.4. The Labute approximate surface area is 523 Å². The van der Waals surface area contributed by atoms with Crippen LogP contribution in [0.25, 0.3) is 0 Å². The number of aliphatic carboxylic acids is 1. The van der Waals surface area contributed by atoms with Gasteiger partial charge < -0.3 is 100 Å². The number of carbonyl (C=O) groups excluding carboxylic acids is 2. The van der Waals surface area contributed by atoms with Crippen LogP contribution in [0, 0.1) is 0 Å². The zero-order valence-electron chi connectivity index (χ0n) is 53.1. The van der Waals surface area contributed by atoms with E-state index in [0.29, 0.717) is 12.8 Å². The van der Waals surface area contributed by atoms with Gasteiger partial charge in [-0.3, -0.25) is 9.59 Å². The second-order valence-corrected chi connectivity index (χ2v) is 24.3. The lowest BCUT2D eigenvalue weighted by atomic mass is 9.88. The SMILES string of the molecule is CCCCCCCCCCC/C=C\C/C=C\CCCCCCCCCC(=O)NC(COC1OC(CO)C(OC2OC(CO)C(O)C(OC3(C(=O)O)CC(O)C(NC(C)=O)C(C(O)C(O)CO)O3)C2O)C(O)C1O)C(O)/C=C/CCCCCCCCCCC. The lowest BCUT2D eigenvalue weighted by Crippen LogP contribution is -2.70. The maximum atomic E-state index is 13.4. The van der Waals surface area contributed by atoms with Crippen molar-refractivity contribution in [1.82, 2.24) is 10.6 Å². The van der Waals surface area contributed by atoms with Crippen molar-refractivity contribution in [2.75, 3.05) is 26.4 Å². The molecule has 0 saturated carbocycles. The van der Waals surface area contributed by atoms with E-state index in [9.17, 15) is 75.7 Å². The maximum absolute atomic E-state index is 13.4.